The van der Waals surface area contributed by atoms with Crippen molar-refractivity contribution in [2.45, 2.75) is 309 Å². The molecule has 402 valence electrons. The highest BCUT2D eigenvalue weighted by Gasteiger charge is 2.26. The third kappa shape index (κ3) is 53.8. The van der Waals surface area contributed by atoms with Crippen LogP contribution in [-0.2, 0) is 32.7 Å². The topological polar surface area (TPSA) is 134 Å². The standard InChI is InChI=1S/C58H112NO8P/c1-3-5-7-9-11-12-13-14-15-16-17-18-19-20-21-22-23-24-25-26-27-28-29-30-31-32-33-34-35-36-37-38-39-40-41-42-43-44-45-47-49-51-58(61)67-56(55-66-68(62,63)65-53-52-59)54-64-57(60)50-48-46-10-8-6-4-2/h13-14,16-17,56H,3-12,15,18-55,59H2,1-2H3,(H,62,63)/b14-13-,17-16-. The van der Waals surface area contributed by atoms with Gasteiger partial charge in [0.05, 0.1) is 13.2 Å². The maximum Gasteiger partial charge on any atom is 0.472 e. The SMILES string of the molecule is CCCCCCC/C=C\C/C=C\CCCCCCCCCCCCCCCCCCCCCCCCCCCCCCCC(=O)OC(COC(=O)CCCCCCCC)COP(=O)(O)OCCN. The van der Waals surface area contributed by atoms with Gasteiger partial charge in [-0.25, -0.2) is 4.57 Å². The van der Waals surface area contributed by atoms with Crippen molar-refractivity contribution in [1.82, 2.24) is 0 Å². The minimum Gasteiger partial charge on any atom is -0.462 e. The van der Waals surface area contributed by atoms with Gasteiger partial charge >= 0.3 is 19.8 Å². The Labute approximate surface area is 421 Å². The average Bonchev–Trinajstić information content (AvgIpc) is 3.33. The molecule has 0 spiro atoms. The normalized spacial score (nSPS) is 13.2. The zero-order valence-corrected chi connectivity index (χ0v) is 45.8. The highest BCUT2D eigenvalue weighted by atomic mass is 31.2. The van der Waals surface area contributed by atoms with Crippen molar-refractivity contribution in [3.05, 3.63) is 24.3 Å². The smallest absolute Gasteiger partial charge is 0.462 e. The van der Waals surface area contributed by atoms with Gasteiger partial charge in [0.25, 0.3) is 0 Å². The number of carbonyl (C=O) groups is 2. The minimum absolute atomic E-state index is 0.0566. The molecule has 0 aromatic heterocycles. The van der Waals surface area contributed by atoms with E-state index in [1.807, 2.05) is 0 Å². The molecule has 0 aliphatic rings. The first kappa shape index (κ1) is 66.5. The number of ether oxygens (including phenoxy) is 2. The van der Waals surface area contributed by atoms with E-state index in [0.717, 1.165) is 44.9 Å². The predicted octanol–water partition coefficient (Wildman–Crippen LogP) is 18.2. The van der Waals surface area contributed by atoms with Gasteiger partial charge in [-0.05, 0) is 44.9 Å². The van der Waals surface area contributed by atoms with Crippen molar-refractivity contribution >= 4 is 19.8 Å². The van der Waals surface area contributed by atoms with Crippen molar-refractivity contribution in [2.75, 3.05) is 26.4 Å². The number of hydrogen-bond acceptors (Lipinski definition) is 8. The van der Waals surface area contributed by atoms with E-state index in [9.17, 15) is 19.0 Å². The van der Waals surface area contributed by atoms with Gasteiger partial charge in [-0.3, -0.25) is 18.6 Å². The minimum atomic E-state index is -4.37. The van der Waals surface area contributed by atoms with Crippen molar-refractivity contribution in [1.29, 1.82) is 0 Å². The average molecular weight is 983 g/mol. The molecule has 0 rings (SSSR count). The summed E-state index contributed by atoms with van der Waals surface area (Å²) < 4.78 is 32.7. The highest BCUT2D eigenvalue weighted by molar-refractivity contribution is 7.47. The number of unbranched alkanes of at least 4 members (excludes halogenated alkanes) is 39. The number of allylic oxidation sites excluding steroid dienone is 4. The molecule has 0 aliphatic carbocycles. The summed E-state index contributed by atoms with van der Waals surface area (Å²) in [5.41, 5.74) is 5.35. The molecule has 9 nitrogen and oxygen atoms in total. The van der Waals surface area contributed by atoms with E-state index in [4.69, 9.17) is 24.3 Å². The fraction of sp³-hybridized carbons (Fsp3) is 0.897. The molecule has 0 aromatic rings. The number of esters is 2. The number of hydrogen-bond donors (Lipinski definition) is 2. The lowest BCUT2D eigenvalue weighted by atomic mass is 10.0. The molecule has 0 heterocycles. The van der Waals surface area contributed by atoms with Gasteiger partial charge in [0.1, 0.15) is 6.61 Å². The Kier molecular flexibility index (Phi) is 53.6. The second kappa shape index (κ2) is 54.8. The van der Waals surface area contributed by atoms with Crippen LogP contribution in [0.25, 0.3) is 0 Å². The van der Waals surface area contributed by atoms with Crippen LogP contribution in [0.15, 0.2) is 24.3 Å². The Morgan fingerprint density at radius 1 is 0.441 bits per heavy atom. The van der Waals surface area contributed by atoms with E-state index in [1.54, 1.807) is 0 Å². The summed E-state index contributed by atoms with van der Waals surface area (Å²) in [5, 5.41) is 0. The van der Waals surface area contributed by atoms with Crippen LogP contribution in [0.4, 0.5) is 0 Å². The molecule has 10 heteroatoms. The van der Waals surface area contributed by atoms with Crippen LogP contribution in [0, 0.1) is 0 Å². The van der Waals surface area contributed by atoms with Crippen LogP contribution >= 0.6 is 7.82 Å². The maximum absolute atomic E-state index is 12.6. The lowest BCUT2D eigenvalue weighted by Crippen LogP contribution is -2.29. The largest absolute Gasteiger partial charge is 0.472 e. The third-order valence-electron chi connectivity index (χ3n) is 13.1. The molecule has 0 radical (unpaired) electrons. The summed E-state index contributed by atoms with van der Waals surface area (Å²) in [6.45, 7) is 3.69. The zero-order valence-electron chi connectivity index (χ0n) is 44.9. The summed E-state index contributed by atoms with van der Waals surface area (Å²) in [5.74, 6) is -0.824. The molecule has 68 heavy (non-hydrogen) atoms. The second-order valence-electron chi connectivity index (χ2n) is 19.9. The van der Waals surface area contributed by atoms with E-state index < -0.39 is 26.5 Å². The fourth-order valence-electron chi connectivity index (χ4n) is 8.73. The summed E-state index contributed by atoms with van der Waals surface area (Å²) in [6.07, 6.45) is 64.7. The molecule has 2 atom stereocenters. The highest BCUT2D eigenvalue weighted by Crippen LogP contribution is 2.43. The number of nitrogens with two attached hydrogens (primary N) is 1. The van der Waals surface area contributed by atoms with Crippen molar-refractivity contribution in [3.8, 4) is 0 Å². The number of phosphoric ester groups is 1. The van der Waals surface area contributed by atoms with Gasteiger partial charge < -0.3 is 20.1 Å². The van der Waals surface area contributed by atoms with Crippen LogP contribution in [0.1, 0.15) is 303 Å². The van der Waals surface area contributed by atoms with Crippen LogP contribution in [0.5, 0.6) is 0 Å². The molecule has 0 saturated carbocycles. The summed E-state index contributed by atoms with van der Waals surface area (Å²) in [4.78, 5) is 34.7. The van der Waals surface area contributed by atoms with Gasteiger partial charge in [0.15, 0.2) is 6.10 Å². The van der Waals surface area contributed by atoms with Crippen LogP contribution in [-0.4, -0.2) is 49.3 Å². The first-order valence-corrected chi connectivity index (χ1v) is 30.8. The van der Waals surface area contributed by atoms with Crippen LogP contribution < -0.4 is 5.73 Å². The first-order chi connectivity index (χ1) is 33.3. The van der Waals surface area contributed by atoms with E-state index >= 15 is 0 Å². The molecule has 0 aromatic carbocycles. The Bertz CT molecular complexity index is 1170. The van der Waals surface area contributed by atoms with E-state index in [0.29, 0.717) is 6.42 Å². The van der Waals surface area contributed by atoms with Gasteiger partial charge in [-0.15, -0.1) is 0 Å². The number of rotatable bonds is 56. The van der Waals surface area contributed by atoms with Gasteiger partial charge in [0.2, 0.25) is 0 Å². The third-order valence-corrected chi connectivity index (χ3v) is 14.1. The van der Waals surface area contributed by atoms with Crippen LogP contribution in [0.2, 0.25) is 0 Å². The van der Waals surface area contributed by atoms with E-state index in [1.165, 1.54) is 225 Å². The Balaban J connectivity index is 3.58. The summed E-state index contributed by atoms with van der Waals surface area (Å²) >= 11 is 0. The predicted molar refractivity (Wildman–Crippen MR) is 289 cm³/mol. The molecule has 3 N–H and O–H groups in total. The molecular formula is C58H112NO8P. The Morgan fingerprint density at radius 2 is 0.765 bits per heavy atom. The molecule has 0 amide bonds. The fourth-order valence-corrected chi connectivity index (χ4v) is 9.49. The second-order valence-corrected chi connectivity index (χ2v) is 21.3. The zero-order chi connectivity index (χ0) is 49.5. The Morgan fingerprint density at radius 3 is 1.12 bits per heavy atom. The monoisotopic (exact) mass is 982 g/mol. The van der Waals surface area contributed by atoms with Gasteiger partial charge in [-0.1, -0.05) is 269 Å². The van der Waals surface area contributed by atoms with Crippen LogP contribution in [0.3, 0.4) is 0 Å². The lowest BCUT2D eigenvalue weighted by molar-refractivity contribution is -0.161. The molecule has 0 fully saturated rings. The van der Waals surface area contributed by atoms with Gasteiger partial charge in [-0.2, -0.15) is 0 Å². The maximum atomic E-state index is 12.6. The molecule has 0 bridgehead atoms. The lowest BCUT2D eigenvalue weighted by Gasteiger charge is -2.19. The summed E-state index contributed by atoms with van der Waals surface area (Å²) in [6, 6.07) is 0. The van der Waals surface area contributed by atoms with Crippen molar-refractivity contribution in [3.63, 3.8) is 0 Å². The molecular weight excluding hydrogens is 870 g/mol. The molecule has 0 aliphatic heterocycles. The summed E-state index contributed by atoms with van der Waals surface area (Å²) in [7, 11) is -4.37. The van der Waals surface area contributed by atoms with E-state index in [-0.39, 0.29) is 38.6 Å². The van der Waals surface area contributed by atoms with E-state index in [2.05, 4.69) is 38.2 Å². The van der Waals surface area contributed by atoms with Gasteiger partial charge in [0, 0.05) is 19.4 Å². The molecule has 0 saturated heterocycles. The Hall–Kier alpha value is -1.51. The first-order valence-electron chi connectivity index (χ1n) is 29.3. The number of carbonyl (C=O) groups excluding carboxylic acids is 2. The van der Waals surface area contributed by atoms with Crippen molar-refractivity contribution < 1.29 is 37.6 Å². The van der Waals surface area contributed by atoms with Crippen molar-refractivity contribution in [2.24, 2.45) is 5.73 Å². The quantitative estimate of drug-likeness (QED) is 0.0264. The molecule has 2 unspecified atom stereocenters. The number of phosphoric acid groups is 1.